The summed E-state index contributed by atoms with van der Waals surface area (Å²) in [6, 6.07) is 18.9. The van der Waals surface area contributed by atoms with Gasteiger partial charge in [0.05, 0.1) is 35.8 Å². The van der Waals surface area contributed by atoms with E-state index in [2.05, 4.69) is 34.9 Å². The summed E-state index contributed by atoms with van der Waals surface area (Å²) in [5.41, 5.74) is 3.85. The number of halogens is 2. The molecule has 4 aromatic carbocycles. The number of nitrogens with zero attached hydrogens (tertiary/aromatic N) is 4. The summed E-state index contributed by atoms with van der Waals surface area (Å²) in [5, 5.41) is 16.5. The van der Waals surface area contributed by atoms with Crippen molar-refractivity contribution in [1.29, 1.82) is 0 Å². The van der Waals surface area contributed by atoms with Crippen LogP contribution in [0.25, 0.3) is 22.3 Å². The maximum atomic E-state index is 13.9. The highest BCUT2D eigenvalue weighted by molar-refractivity contribution is 9.10. The van der Waals surface area contributed by atoms with Gasteiger partial charge < -0.3 is 14.2 Å². The Bertz CT molecular complexity index is 2080. The highest BCUT2D eigenvalue weighted by Crippen LogP contribution is 2.43. The van der Waals surface area contributed by atoms with Crippen LogP contribution in [0.1, 0.15) is 48.9 Å². The molecule has 47 heavy (non-hydrogen) atoms. The Labute approximate surface area is 284 Å². The molecule has 0 fully saturated rings. The van der Waals surface area contributed by atoms with Gasteiger partial charge in [0.2, 0.25) is 0 Å². The van der Waals surface area contributed by atoms with E-state index < -0.39 is 4.92 Å². The Kier molecular flexibility index (Phi) is 10.3. The van der Waals surface area contributed by atoms with Crippen molar-refractivity contribution in [3.05, 3.63) is 119 Å². The van der Waals surface area contributed by atoms with Crippen molar-refractivity contribution in [3.63, 3.8) is 0 Å². The number of fused-ring (bicyclic) bond motifs is 1. The van der Waals surface area contributed by atoms with Gasteiger partial charge in [0.15, 0.2) is 17.3 Å². The van der Waals surface area contributed by atoms with Crippen molar-refractivity contribution < 1.29 is 19.1 Å². The van der Waals surface area contributed by atoms with Crippen molar-refractivity contribution >= 4 is 50.3 Å². The van der Waals surface area contributed by atoms with Crippen LogP contribution in [0.2, 0.25) is 5.02 Å². The Morgan fingerprint density at radius 1 is 1.09 bits per heavy atom. The number of hydrogen-bond donors (Lipinski definition) is 0. The zero-order chi connectivity index (χ0) is 33.8. The second-order valence-electron chi connectivity index (χ2n) is 10.9. The van der Waals surface area contributed by atoms with Gasteiger partial charge in [0.1, 0.15) is 17.4 Å². The van der Waals surface area contributed by atoms with E-state index in [1.165, 1.54) is 23.0 Å². The summed E-state index contributed by atoms with van der Waals surface area (Å²) in [6.45, 7) is 8.24. The van der Waals surface area contributed by atoms with E-state index in [9.17, 15) is 14.9 Å². The van der Waals surface area contributed by atoms with Crippen LogP contribution in [0, 0.1) is 17.0 Å². The molecule has 10 nitrogen and oxygen atoms in total. The van der Waals surface area contributed by atoms with Gasteiger partial charge in [-0.2, -0.15) is 9.78 Å². The maximum absolute atomic E-state index is 13.9. The fourth-order valence-electron chi connectivity index (χ4n) is 5.10. The van der Waals surface area contributed by atoms with Crippen molar-refractivity contribution in [3.8, 4) is 28.6 Å². The Morgan fingerprint density at radius 3 is 2.55 bits per heavy atom. The minimum Gasteiger partial charge on any atom is -0.496 e. The molecular weight excluding hydrogens is 688 g/mol. The second-order valence-corrected chi connectivity index (χ2v) is 12.1. The van der Waals surface area contributed by atoms with E-state index >= 15 is 0 Å². The van der Waals surface area contributed by atoms with Gasteiger partial charge in [0, 0.05) is 27.7 Å². The van der Waals surface area contributed by atoms with Gasteiger partial charge in [-0.3, -0.25) is 14.9 Å². The molecule has 0 unspecified atom stereocenters. The van der Waals surface area contributed by atoms with Crippen LogP contribution in [0.15, 0.2) is 81.1 Å². The van der Waals surface area contributed by atoms with Crippen LogP contribution in [-0.4, -0.2) is 34.5 Å². The number of nitro groups is 1. The lowest BCUT2D eigenvalue weighted by atomic mass is 9.96. The van der Waals surface area contributed by atoms with Gasteiger partial charge in [0.25, 0.3) is 11.2 Å². The number of benzene rings is 4. The first-order valence-corrected chi connectivity index (χ1v) is 16.0. The number of ether oxygens (including phenoxy) is 3. The maximum Gasteiger partial charge on any atom is 0.282 e. The molecule has 0 bridgehead atoms. The standard InChI is InChI=1S/C35H32BrClN4O6/c1-6-46-30-16-23(31(36)32(37)33(30)47-19-22-10-9-11-24(15-22)41(43)44)18-38-40-34(39-28-13-8-7-12-25(28)35(40)42)27-17-26(20(2)3)29(45-5)14-21(27)4/h7-18,20H,6,19H2,1-5H3. The molecule has 1 aromatic heterocycles. The first-order chi connectivity index (χ1) is 22.5. The van der Waals surface area contributed by atoms with Gasteiger partial charge in [-0.1, -0.05) is 49.7 Å². The number of aryl methyl sites for hydroxylation is 1. The van der Waals surface area contributed by atoms with Crippen LogP contribution in [-0.2, 0) is 6.61 Å². The third-order valence-electron chi connectivity index (χ3n) is 7.47. The summed E-state index contributed by atoms with van der Waals surface area (Å²) < 4.78 is 19.3. The summed E-state index contributed by atoms with van der Waals surface area (Å²) >= 11 is 10.3. The number of rotatable bonds is 11. The minimum absolute atomic E-state index is 0.0163. The molecule has 0 radical (unpaired) electrons. The zero-order valence-electron chi connectivity index (χ0n) is 26.4. The van der Waals surface area contributed by atoms with Gasteiger partial charge in [-0.15, -0.1) is 0 Å². The largest absolute Gasteiger partial charge is 0.496 e. The first-order valence-electron chi connectivity index (χ1n) is 14.8. The fraction of sp³-hybridized carbons (Fsp3) is 0.229. The summed E-state index contributed by atoms with van der Waals surface area (Å²) in [7, 11) is 1.64. The average Bonchev–Trinajstić information content (AvgIpc) is 3.06. The molecule has 0 aliphatic carbocycles. The molecule has 0 amide bonds. The van der Waals surface area contributed by atoms with Crippen molar-refractivity contribution in [2.75, 3.05) is 13.7 Å². The van der Waals surface area contributed by atoms with E-state index in [0.29, 0.717) is 44.7 Å². The fourth-order valence-corrected chi connectivity index (χ4v) is 5.76. The van der Waals surface area contributed by atoms with Gasteiger partial charge in [-0.25, -0.2) is 4.98 Å². The third kappa shape index (κ3) is 7.01. The second kappa shape index (κ2) is 14.4. The molecule has 0 saturated carbocycles. The van der Waals surface area contributed by atoms with Crippen molar-refractivity contribution in [2.45, 2.75) is 40.2 Å². The lowest BCUT2D eigenvalue weighted by molar-refractivity contribution is -0.384. The highest BCUT2D eigenvalue weighted by Gasteiger charge is 2.21. The first kappa shape index (κ1) is 33.6. The zero-order valence-corrected chi connectivity index (χ0v) is 28.8. The number of hydrogen-bond acceptors (Lipinski definition) is 8. The Morgan fingerprint density at radius 2 is 1.85 bits per heavy atom. The van der Waals surface area contributed by atoms with Crippen LogP contribution < -0.4 is 19.8 Å². The number of aromatic nitrogens is 2. The van der Waals surface area contributed by atoms with Crippen LogP contribution >= 0.6 is 27.5 Å². The monoisotopic (exact) mass is 718 g/mol. The predicted octanol–water partition coefficient (Wildman–Crippen LogP) is 8.69. The minimum atomic E-state index is -0.464. The van der Waals surface area contributed by atoms with E-state index in [4.69, 9.17) is 30.8 Å². The van der Waals surface area contributed by atoms with Crippen molar-refractivity contribution in [2.24, 2.45) is 5.10 Å². The van der Waals surface area contributed by atoms with Gasteiger partial charge >= 0.3 is 0 Å². The third-order valence-corrected chi connectivity index (χ3v) is 8.91. The van der Waals surface area contributed by atoms with Gasteiger partial charge in [-0.05, 0) is 82.7 Å². The average molecular weight is 720 g/mol. The van der Waals surface area contributed by atoms with Crippen LogP contribution in [0.3, 0.4) is 0 Å². The molecule has 5 rings (SSSR count). The topological polar surface area (TPSA) is 118 Å². The molecule has 5 aromatic rings. The molecule has 0 spiro atoms. The molecule has 0 aliphatic rings. The van der Waals surface area contributed by atoms with E-state index in [1.807, 2.05) is 32.0 Å². The SMILES string of the molecule is CCOc1cc(C=Nn2c(-c3cc(C(C)C)c(OC)cc3C)nc3ccccc3c2=O)c(Br)c(Cl)c1OCc1cccc([N+](=O)[O-])c1. The van der Waals surface area contributed by atoms with E-state index in [0.717, 1.165) is 22.4 Å². The number of para-hydroxylation sites is 1. The number of methoxy groups -OCH3 is 1. The normalized spacial score (nSPS) is 11.4. The van der Waals surface area contributed by atoms with E-state index in [-0.39, 0.29) is 34.5 Å². The molecule has 1 heterocycles. The molecular formula is C35H32BrClN4O6. The molecule has 0 atom stereocenters. The molecule has 0 saturated heterocycles. The molecule has 0 N–H and O–H groups in total. The van der Waals surface area contributed by atoms with E-state index in [1.54, 1.807) is 43.5 Å². The molecule has 12 heteroatoms. The lowest BCUT2D eigenvalue weighted by Crippen LogP contribution is -2.21. The number of nitro benzene ring substituents is 1. The number of non-ortho nitro benzene ring substituents is 1. The van der Waals surface area contributed by atoms with Crippen molar-refractivity contribution in [1.82, 2.24) is 9.66 Å². The molecule has 0 aliphatic heterocycles. The lowest BCUT2D eigenvalue weighted by Gasteiger charge is -2.18. The summed E-state index contributed by atoms with van der Waals surface area (Å²) in [5.74, 6) is 1.88. The smallest absolute Gasteiger partial charge is 0.282 e. The predicted molar refractivity (Wildman–Crippen MR) is 188 cm³/mol. The summed E-state index contributed by atoms with van der Waals surface area (Å²) in [6.07, 6.45) is 1.51. The summed E-state index contributed by atoms with van der Waals surface area (Å²) in [4.78, 5) is 29.6. The Balaban J connectivity index is 1.61. The van der Waals surface area contributed by atoms with Crippen LogP contribution in [0.5, 0.6) is 17.2 Å². The highest BCUT2D eigenvalue weighted by atomic mass is 79.9. The molecule has 242 valence electrons. The van der Waals surface area contributed by atoms with Crippen LogP contribution in [0.4, 0.5) is 5.69 Å². The quantitative estimate of drug-likeness (QED) is 0.0762. The Hall–Kier alpha value is -4.74.